The molecular formula is C21H29NO3S. The molecule has 1 saturated heterocycles. The van der Waals surface area contributed by atoms with Crippen molar-refractivity contribution in [2.45, 2.75) is 56.7 Å². The lowest BCUT2D eigenvalue weighted by Gasteiger charge is -2.35. The zero-order valence-electron chi connectivity index (χ0n) is 16.2. The van der Waals surface area contributed by atoms with E-state index < -0.39 is 16.4 Å². The van der Waals surface area contributed by atoms with Gasteiger partial charge >= 0.3 is 5.97 Å². The summed E-state index contributed by atoms with van der Waals surface area (Å²) >= 11 is 0. The van der Waals surface area contributed by atoms with E-state index in [1.807, 2.05) is 56.3 Å². The van der Waals surface area contributed by atoms with Crippen LogP contribution in [-0.2, 0) is 32.4 Å². The summed E-state index contributed by atoms with van der Waals surface area (Å²) in [4.78, 5) is 13.3. The molecule has 1 aliphatic heterocycles. The maximum atomic E-state index is 13.3. The van der Waals surface area contributed by atoms with Gasteiger partial charge in [0.05, 0.1) is 11.4 Å². The van der Waals surface area contributed by atoms with E-state index >= 15 is 0 Å². The lowest BCUT2D eigenvalue weighted by atomic mass is 9.70. The van der Waals surface area contributed by atoms with Gasteiger partial charge in [-0.15, -0.1) is 6.58 Å². The molecule has 4 atom stereocenters. The summed E-state index contributed by atoms with van der Waals surface area (Å²) in [6.07, 6.45) is 3.29. The fraction of sp³-hybridized carbons (Fsp3) is 0.571. The molecule has 26 heavy (non-hydrogen) atoms. The third-order valence-electron chi connectivity index (χ3n) is 5.60. The first kappa shape index (κ1) is 19.3. The highest BCUT2D eigenvalue weighted by molar-refractivity contribution is 7.84. The van der Waals surface area contributed by atoms with Crippen LogP contribution in [0.15, 0.2) is 36.9 Å². The molecule has 0 N–H and O–H groups in total. The van der Waals surface area contributed by atoms with Crippen LogP contribution in [0.25, 0.3) is 0 Å². The molecule has 0 spiro atoms. The Bertz CT molecular complexity index is 739. The predicted octanol–water partition coefficient (Wildman–Crippen LogP) is 3.38. The van der Waals surface area contributed by atoms with Crippen molar-refractivity contribution in [1.82, 2.24) is 4.31 Å². The minimum atomic E-state index is -1.19. The van der Waals surface area contributed by atoms with Crippen molar-refractivity contribution in [3.8, 4) is 0 Å². The summed E-state index contributed by atoms with van der Waals surface area (Å²) in [5.74, 6) is -0.172. The molecule has 0 amide bonds. The van der Waals surface area contributed by atoms with Crippen molar-refractivity contribution in [3.63, 3.8) is 0 Å². The average Bonchev–Trinajstić information content (AvgIpc) is 3.08. The van der Waals surface area contributed by atoms with Gasteiger partial charge in [-0.05, 0) is 57.6 Å². The Balaban J connectivity index is 2.17. The van der Waals surface area contributed by atoms with Gasteiger partial charge in [0.25, 0.3) is 0 Å². The number of nitrogens with zero attached hydrogens (tertiary/aromatic N) is 1. The second-order valence-electron chi connectivity index (χ2n) is 8.15. The molecule has 1 aromatic carbocycles. The summed E-state index contributed by atoms with van der Waals surface area (Å²) < 4.78 is 20.5. The largest absolute Gasteiger partial charge is 0.465 e. The molecule has 0 aromatic heterocycles. The third-order valence-corrected chi connectivity index (χ3v) is 7.47. The van der Waals surface area contributed by atoms with Gasteiger partial charge in [-0.1, -0.05) is 30.3 Å². The van der Waals surface area contributed by atoms with Crippen molar-refractivity contribution in [2.24, 2.45) is 5.92 Å². The van der Waals surface area contributed by atoms with E-state index in [1.165, 1.54) is 0 Å². The van der Waals surface area contributed by atoms with Crippen molar-refractivity contribution in [3.05, 3.63) is 48.0 Å². The van der Waals surface area contributed by atoms with E-state index in [-0.39, 0.29) is 22.7 Å². The first-order chi connectivity index (χ1) is 12.3. The molecule has 1 aromatic rings. The Labute approximate surface area is 159 Å². The van der Waals surface area contributed by atoms with Gasteiger partial charge in [0.1, 0.15) is 16.4 Å². The van der Waals surface area contributed by atoms with E-state index in [2.05, 4.69) is 12.6 Å². The molecule has 3 rings (SSSR count). The van der Waals surface area contributed by atoms with Gasteiger partial charge in [-0.25, -0.2) is 8.51 Å². The van der Waals surface area contributed by atoms with Crippen LogP contribution in [0.5, 0.6) is 0 Å². The highest BCUT2D eigenvalue weighted by Crippen LogP contribution is 2.54. The first-order valence-corrected chi connectivity index (χ1v) is 10.4. The highest BCUT2D eigenvalue weighted by Gasteiger charge is 2.65. The van der Waals surface area contributed by atoms with Gasteiger partial charge in [-0.3, -0.25) is 4.79 Å². The lowest BCUT2D eigenvalue weighted by molar-refractivity contribution is -0.152. The number of benzene rings is 1. The molecular weight excluding hydrogens is 346 g/mol. The normalized spacial score (nSPS) is 29.1. The maximum absolute atomic E-state index is 13.3. The Hall–Kier alpha value is -1.46. The molecule has 5 heteroatoms. The Morgan fingerprint density at radius 2 is 2.12 bits per heavy atom. The molecule has 4 nitrogen and oxygen atoms in total. The molecule has 2 aliphatic rings. The average molecular weight is 376 g/mol. The molecule has 0 bridgehead atoms. The van der Waals surface area contributed by atoms with Crippen molar-refractivity contribution >= 4 is 17.0 Å². The summed E-state index contributed by atoms with van der Waals surface area (Å²) in [5.41, 5.74) is 1.45. The molecule has 1 aliphatic carbocycles. The zero-order chi connectivity index (χ0) is 19.1. The number of carbonyl (C=O) groups is 1. The quantitative estimate of drug-likeness (QED) is 0.585. The topological polar surface area (TPSA) is 46.6 Å². The Morgan fingerprint density at radius 3 is 2.73 bits per heavy atom. The lowest BCUT2D eigenvalue weighted by Crippen LogP contribution is -2.50. The predicted molar refractivity (Wildman–Crippen MR) is 105 cm³/mol. The molecule has 142 valence electrons. The summed E-state index contributed by atoms with van der Waals surface area (Å²) in [6.45, 7) is 12.7. The van der Waals surface area contributed by atoms with Crippen LogP contribution in [0.1, 0.15) is 45.2 Å². The number of hydrogen-bond donors (Lipinski definition) is 0. The molecule has 1 heterocycles. The number of carbonyl (C=O) groups excluding carboxylic acids is 1. The number of esters is 1. The van der Waals surface area contributed by atoms with E-state index in [0.29, 0.717) is 19.6 Å². The van der Waals surface area contributed by atoms with Crippen LogP contribution >= 0.6 is 0 Å². The van der Waals surface area contributed by atoms with Gasteiger partial charge in [-0.2, -0.15) is 0 Å². The standard InChI is InChI=1S/C21H29NO3S/c1-6-10-16-14-22(26(24)20(3,4)5)18-13-15-11-8-9-12-17(15)21(16,18)19(23)25-7-2/h6,8-9,11-12,16,18H,1,7,10,13-14H2,2-5H3/t16-,18+,21+,26?/m1/s1. The minimum absolute atomic E-state index is 0.0130. The summed E-state index contributed by atoms with van der Waals surface area (Å²) in [5, 5.41) is 0. The van der Waals surface area contributed by atoms with Gasteiger partial charge < -0.3 is 4.74 Å². The Kier molecular flexibility index (Phi) is 5.15. The van der Waals surface area contributed by atoms with E-state index in [4.69, 9.17) is 4.74 Å². The van der Waals surface area contributed by atoms with Crippen molar-refractivity contribution in [2.75, 3.05) is 13.2 Å². The van der Waals surface area contributed by atoms with Crippen LogP contribution in [-0.4, -0.2) is 38.4 Å². The number of ether oxygens (including phenoxy) is 1. The Morgan fingerprint density at radius 1 is 1.42 bits per heavy atom. The minimum Gasteiger partial charge on any atom is -0.465 e. The van der Waals surface area contributed by atoms with Crippen LogP contribution in [0.4, 0.5) is 0 Å². The van der Waals surface area contributed by atoms with Crippen molar-refractivity contribution < 1.29 is 13.7 Å². The van der Waals surface area contributed by atoms with Crippen molar-refractivity contribution in [1.29, 1.82) is 0 Å². The SMILES string of the molecule is C=CC[C@@H]1CN(S(=O)C(C)(C)C)[C@H]2Cc3ccccc3[C@@]12C(=O)OCC. The molecule has 1 unspecified atom stereocenters. The maximum Gasteiger partial charge on any atom is 0.318 e. The first-order valence-electron chi connectivity index (χ1n) is 9.33. The second-order valence-corrected chi connectivity index (χ2v) is 10.3. The number of fused-ring (bicyclic) bond motifs is 3. The molecule has 1 fully saturated rings. The summed E-state index contributed by atoms with van der Waals surface area (Å²) in [7, 11) is -1.19. The van der Waals surface area contributed by atoms with Crippen LogP contribution < -0.4 is 0 Å². The molecule has 0 saturated carbocycles. The van der Waals surface area contributed by atoms with Gasteiger partial charge in [0, 0.05) is 12.6 Å². The van der Waals surface area contributed by atoms with E-state index in [9.17, 15) is 9.00 Å². The smallest absolute Gasteiger partial charge is 0.318 e. The van der Waals surface area contributed by atoms with Gasteiger partial charge in [0.2, 0.25) is 0 Å². The second kappa shape index (κ2) is 6.93. The van der Waals surface area contributed by atoms with E-state index in [0.717, 1.165) is 17.5 Å². The van der Waals surface area contributed by atoms with Gasteiger partial charge in [0.15, 0.2) is 0 Å². The van der Waals surface area contributed by atoms with Crippen LogP contribution in [0, 0.1) is 5.92 Å². The molecule has 0 radical (unpaired) electrons. The number of rotatable bonds is 5. The zero-order valence-corrected chi connectivity index (χ0v) is 17.0. The number of allylic oxidation sites excluding steroid dienone is 1. The fourth-order valence-corrected chi connectivity index (χ4v) is 6.11. The van der Waals surface area contributed by atoms with E-state index in [1.54, 1.807) is 0 Å². The monoisotopic (exact) mass is 375 g/mol. The highest BCUT2D eigenvalue weighted by atomic mass is 32.2. The fourth-order valence-electron chi connectivity index (χ4n) is 4.62. The van der Waals surface area contributed by atoms with Crippen LogP contribution in [0.3, 0.4) is 0 Å². The third kappa shape index (κ3) is 2.76. The summed E-state index contributed by atoms with van der Waals surface area (Å²) in [6, 6.07) is 7.98. The van der Waals surface area contributed by atoms with Crippen LogP contribution in [0.2, 0.25) is 0 Å². The number of hydrogen-bond acceptors (Lipinski definition) is 3.